The minimum atomic E-state index is -3.62. The number of piperidine rings is 1. The van der Waals surface area contributed by atoms with E-state index >= 15 is 0 Å². The average molecular weight is 426 g/mol. The monoisotopic (exact) mass is 425 g/mol. The van der Waals surface area contributed by atoms with Crippen molar-refractivity contribution in [3.63, 3.8) is 0 Å². The highest BCUT2D eigenvalue weighted by Crippen LogP contribution is 2.27. The minimum absolute atomic E-state index is 0.0741. The summed E-state index contributed by atoms with van der Waals surface area (Å²) in [5, 5.41) is 8.90. The summed E-state index contributed by atoms with van der Waals surface area (Å²) >= 11 is 0. The molecule has 158 valence electrons. The summed E-state index contributed by atoms with van der Waals surface area (Å²) in [5.41, 5.74) is 1.31. The molecule has 0 unspecified atom stereocenters. The fraction of sp³-hybridized carbons (Fsp3) is 0.391. The molecule has 0 aliphatic carbocycles. The van der Waals surface area contributed by atoms with Crippen LogP contribution >= 0.6 is 0 Å². The second kappa shape index (κ2) is 9.88. The maximum atomic E-state index is 13.2. The van der Waals surface area contributed by atoms with E-state index in [1.165, 1.54) is 28.6 Å². The zero-order valence-electron chi connectivity index (χ0n) is 17.2. The first-order valence-electron chi connectivity index (χ1n) is 10.3. The number of anilines is 1. The Morgan fingerprint density at radius 1 is 1.10 bits per heavy atom. The van der Waals surface area contributed by atoms with Gasteiger partial charge in [-0.05, 0) is 55.7 Å². The van der Waals surface area contributed by atoms with Crippen LogP contribution in [0.25, 0.3) is 0 Å². The molecule has 3 rings (SSSR count). The van der Waals surface area contributed by atoms with Gasteiger partial charge in [-0.1, -0.05) is 31.5 Å². The van der Waals surface area contributed by atoms with Gasteiger partial charge in [0.1, 0.15) is 0 Å². The molecule has 1 saturated heterocycles. The molecule has 6 nitrogen and oxygen atoms in total. The van der Waals surface area contributed by atoms with Gasteiger partial charge in [0.15, 0.2) is 0 Å². The van der Waals surface area contributed by atoms with Crippen LogP contribution in [0.15, 0.2) is 59.5 Å². The van der Waals surface area contributed by atoms with Crippen molar-refractivity contribution >= 4 is 21.6 Å². The molecule has 0 spiro atoms. The van der Waals surface area contributed by atoms with Gasteiger partial charge >= 0.3 is 0 Å². The molecule has 0 saturated carbocycles. The van der Waals surface area contributed by atoms with E-state index in [1.54, 1.807) is 0 Å². The molecule has 0 atom stereocenters. The van der Waals surface area contributed by atoms with Crippen LogP contribution in [0, 0.1) is 17.2 Å². The largest absolute Gasteiger partial charge is 0.312 e. The highest BCUT2D eigenvalue weighted by Gasteiger charge is 2.34. The van der Waals surface area contributed by atoms with Crippen LogP contribution in [0.4, 0.5) is 5.69 Å². The van der Waals surface area contributed by atoms with E-state index in [0.29, 0.717) is 38.0 Å². The number of amides is 1. The molecule has 1 heterocycles. The Labute approximate surface area is 178 Å². The van der Waals surface area contributed by atoms with E-state index in [2.05, 4.69) is 6.92 Å². The fourth-order valence-corrected chi connectivity index (χ4v) is 5.17. The number of carbonyl (C=O) groups excluding carboxylic acids is 1. The lowest BCUT2D eigenvalue weighted by atomic mass is 9.96. The summed E-state index contributed by atoms with van der Waals surface area (Å²) in [6.45, 7) is 3.40. The highest BCUT2D eigenvalue weighted by atomic mass is 32.2. The Bertz CT molecular complexity index is 990. The van der Waals surface area contributed by atoms with Crippen LogP contribution < -0.4 is 4.90 Å². The number of hydrogen-bond acceptors (Lipinski definition) is 4. The van der Waals surface area contributed by atoms with Crippen molar-refractivity contribution in [2.24, 2.45) is 5.92 Å². The van der Waals surface area contributed by atoms with Crippen LogP contribution in [-0.4, -0.2) is 38.3 Å². The third-order valence-electron chi connectivity index (χ3n) is 5.49. The first-order chi connectivity index (χ1) is 14.5. The van der Waals surface area contributed by atoms with Crippen molar-refractivity contribution in [1.82, 2.24) is 4.31 Å². The Balaban J connectivity index is 1.68. The van der Waals surface area contributed by atoms with Crippen LogP contribution in [0.2, 0.25) is 0 Å². The molecule has 0 bridgehead atoms. The van der Waals surface area contributed by atoms with E-state index in [9.17, 15) is 13.2 Å². The lowest BCUT2D eigenvalue weighted by Crippen LogP contribution is -2.44. The summed E-state index contributed by atoms with van der Waals surface area (Å²) in [5.74, 6) is -0.112. The number of benzene rings is 2. The van der Waals surface area contributed by atoms with Gasteiger partial charge in [0, 0.05) is 31.2 Å². The summed E-state index contributed by atoms with van der Waals surface area (Å²) < 4.78 is 27.3. The molecule has 1 amide bonds. The van der Waals surface area contributed by atoms with Gasteiger partial charge < -0.3 is 4.90 Å². The predicted octanol–water partition coefficient (Wildman–Crippen LogP) is 3.79. The van der Waals surface area contributed by atoms with E-state index in [4.69, 9.17) is 5.26 Å². The topological polar surface area (TPSA) is 81.5 Å². The van der Waals surface area contributed by atoms with Crippen molar-refractivity contribution in [2.45, 2.75) is 37.5 Å². The second-order valence-electron chi connectivity index (χ2n) is 7.49. The molecule has 2 aromatic rings. The lowest BCUT2D eigenvalue weighted by molar-refractivity contribution is -0.123. The number of sulfonamides is 1. The van der Waals surface area contributed by atoms with Crippen LogP contribution in [-0.2, 0) is 14.8 Å². The van der Waals surface area contributed by atoms with Gasteiger partial charge in [-0.2, -0.15) is 9.57 Å². The first kappa shape index (κ1) is 22.0. The highest BCUT2D eigenvalue weighted by molar-refractivity contribution is 7.89. The Morgan fingerprint density at radius 3 is 2.30 bits per heavy atom. The molecule has 0 N–H and O–H groups in total. The quantitative estimate of drug-likeness (QED) is 0.676. The molecule has 1 fully saturated rings. The van der Waals surface area contributed by atoms with Crippen molar-refractivity contribution in [1.29, 1.82) is 5.26 Å². The Morgan fingerprint density at radius 2 is 1.73 bits per heavy atom. The fourth-order valence-electron chi connectivity index (χ4n) is 3.70. The molecular formula is C23H27N3O3S. The number of para-hydroxylation sites is 1. The van der Waals surface area contributed by atoms with E-state index in [-0.39, 0.29) is 16.7 Å². The number of nitrogens with zero attached hydrogens (tertiary/aromatic N) is 3. The second-order valence-corrected chi connectivity index (χ2v) is 9.43. The van der Waals surface area contributed by atoms with Gasteiger partial charge in [0.25, 0.3) is 0 Å². The molecule has 0 aromatic heterocycles. The standard InChI is InChI=1S/C23H27N3O3S/c1-2-3-15-26(21-7-5-4-6-8-21)23(27)20-13-16-25(17-14-20)30(28,29)22-11-9-19(18-24)10-12-22/h4-12,20H,2-3,13-17H2,1H3. The maximum absolute atomic E-state index is 13.2. The lowest BCUT2D eigenvalue weighted by Gasteiger charge is -2.33. The van der Waals surface area contributed by atoms with E-state index < -0.39 is 10.0 Å². The summed E-state index contributed by atoms with van der Waals surface area (Å²) in [7, 11) is -3.62. The molecule has 2 aromatic carbocycles. The maximum Gasteiger partial charge on any atom is 0.243 e. The summed E-state index contributed by atoms with van der Waals surface area (Å²) in [4.78, 5) is 15.3. The molecule has 1 aliphatic heterocycles. The average Bonchev–Trinajstić information content (AvgIpc) is 2.80. The predicted molar refractivity (Wildman–Crippen MR) is 116 cm³/mol. The van der Waals surface area contributed by atoms with Gasteiger partial charge in [0.05, 0.1) is 16.5 Å². The van der Waals surface area contributed by atoms with E-state index in [0.717, 1.165) is 18.5 Å². The number of nitriles is 1. The Kier molecular flexibility index (Phi) is 7.24. The van der Waals surface area contributed by atoms with Crippen molar-refractivity contribution < 1.29 is 13.2 Å². The molecule has 0 radical (unpaired) electrons. The normalized spacial score (nSPS) is 15.5. The number of carbonyl (C=O) groups is 1. The zero-order chi connectivity index (χ0) is 21.6. The summed E-state index contributed by atoms with van der Waals surface area (Å²) in [6.07, 6.45) is 2.93. The third kappa shape index (κ3) is 4.89. The molecule has 7 heteroatoms. The van der Waals surface area contributed by atoms with Crippen molar-refractivity contribution in [3.05, 3.63) is 60.2 Å². The van der Waals surface area contributed by atoms with Crippen LogP contribution in [0.3, 0.4) is 0 Å². The smallest absolute Gasteiger partial charge is 0.243 e. The SMILES string of the molecule is CCCCN(C(=O)C1CCN(S(=O)(=O)c2ccc(C#N)cc2)CC1)c1ccccc1. The van der Waals surface area contributed by atoms with Crippen LogP contribution in [0.1, 0.15) is 38.2 Å². The third-order valence-corrected chi connectivity index (χ3v) is 7.41. The van der Waals surface area contributed by atoms with E-state index in [1.807, 2.05) is 41.3 Å². The molecular weight excluding hydrogens is 398 g/mol. The van der Waals surface area contributed by atoms with Gasteiger partial charge in [-0.3, -0.25) is 4.79 Å². The number of hydrogen-bond donors (Lipinski definition) is 0. The summed E-state index contributed by atoms with van der Waals surface area (Å²) in [6, 6.07) is 17.6. The molecule has 30 heavy (non-hydrogen) atoms. The molecule has 1 aliphatic rings. The number of rotatable bonds is 7. The first-order valence-corrected chi connectivity index (χ1v) is 11.8. The van der Waals surface area contributed by atoms with Crippen molar-refractivity contribution in [2.75, 3.05) is 24.5 Å². The number of unbranched alkanes of at least 4 members (excludes halogenated alkanes) is 1. The Hall–Kier alpha value is -2.69. The minimum Gasteiger partial charge on any atom is -0.312 e. The zero-order valence-corrected chi connectivity index (χ0v) is 18.0. The van der Waals surface area contributed by atoms with Crippen LogP contribution in [0.5, 0.6) is 0 Å². The van der Waals surface area contributed by atoms with Gasteiger partial charge in [-0.25, -0.2) is 8.42 Å². The van der Waals surface area contributed by atoms with Crippen molar-refractivity contribution in [3.8, 4) is 6.07 Å². The van der Waals surface area contributed by atoms with Gasteiger partial charge in [-0.15, -0.1) is 0 Å². The van der Waals surface area contributed by atoms with Gasteiger partial charge in [0.2, 0.25) is 15.9 Å².